The number of hydrogen-bond acceptors (Lipinski definition) is 0. The van der Waals surface area contributed by atoms with Gasteiger partial charge in [0.25, 0.3) is 0 Å². The number of hydrogen-bond donors (Lipinski definition) is 0. The van der Waals surface area contributed by atoms with E-state index in [2.05, 4.69) is 31.9 Å². The van der Waals surface area contributed by atoms with Gasteiger partial charge in [-0.15, -0.1) is 0 Å². The van der Waals surface area contributed by atoms with Crippen LogP contribution in [-0.2, 0) is 0 Å². The van der Waals surface area contributed by atoms with Gasteiger partial charge in [-0.3, -0.25) is 0 Å². The molecule has 13 heavy (non-hydrogen) atoms. The van der Waals surface area contributed by atoms with Crippen LogP contribution in [0.4, 0.5) is 13.2 Å². The number of alkyl halides is 4. The van der Waals surface area contributed by atoms with Gasteiger partial charge in [-0.2, -0.15) is 13.2 Å². The van der Waals surface area contributed by atoms with Crippen molar-refractivity contribution in [1.82, 2.24) is 0 Å². The van der Waals surface area contributed by atoms with E-state index in [0.717, 1.165) is 0 Å². The molecular weight excluding hydrogens is 313 g/mol. The molecule has 0 amide bonds. The first kappa shape index (κ1) is 11.0. The Labute approximate surface area is 90.4 Å². The maximum absolute atomic E-state index is 12.2. The summed E-state index contributed by atoms with van der Waals surface area (Å²) in [6.45, 7) is 0. The summed E-state index contributed by atoms with van der Waals surface area (Å²) in [5, 5.41) is 0. The van der Waals surface area contributed by atoms with Crippen LogP contribution in [0.15, 0.2) is 28.7 Å². The predicted octanol–water partition coefficient (Wildman–Crippen LogP) is 4.45. The van der Waals surface area contributed by atoms with Crippen molar-refractivity contribution in [2.45, 2.75) is 11.0 Å². The Morgan fingerprint density at radius 3 is 2.15 bits per heavy atom. The van der Waals surface area contributed by atoms with E-state index < -0.39 is 11.0 Å². The molecule has 0 nitrogen and oxygen atoms in total. The molecule has 0 fully saturated rings. The fraction of sp³-hybridized carbons (Fsp3) is 0.250. The number of rotatable bonds is 1. The van der Waals surface area contributed by atoms with E-state index in [4.69, 9.17) is 0 Å². The molecular formula is C8H5Br2F3. The number of benzene rings is 1. The van der Waals surface area contributed by atoms with Gasteiger partial charge in [0, 0.05) is 4.47 Å². The fourth-order valence-electron chi connectivity index (χ4n) is 0.857. The van der Waals surface area contributed by atoms with Crippen molar-refractivity contribution in [3.63, 3.8) is 0 Å². The molecule has 1 aromatic carbocycles. The zero-order valence-corrected chi connectivity index (χ0v) is 9.45. The summed E-state index contributed by atoms with van der Waals surface area (Å²) in [5.74, 6) is 0. The molecule has 1 rings (SSSR count). The van der Waals surface area contributed by atoms with Gasteiger partial charge in [0.2, 0.25) is 0 Å². The molecule has 0 aliphatic rings. The van der Waals surface area contributed by atoms with Crippen molar-refractivity contribution in [2.75, 3.05) is 0 Å². The molecule has 1 atom stereocenters. The van der Waals surface area contributed by atoms with E-state index >= 15 is 0 Å². The van der Waals surface area contributed by atoms with E-state index in [1.807, 2.05) is 0 Å². The third-order valence-electron chi connectivity index (χ3n) is 1.47. The van der Waals surface area contributed by atoms with Crippen LogP contribution in [-0.4, -0.2) is 6.18 Å². The standard InChI is InChI=1S/C8H5Br2F3/c9-6-4-2-1-3-5(6)7(10)8(11,12)13/h1-4,7H. The second kappa shape index (κ2) is 4.00. The molecule has 0 spiro atoms. The highest BCUT2D eigenvalue weighted by Crippen LogP contribution is 2.42. The highest BCUT2D eigenvalue weighted by atomic mass is 79.9. The average molecular weight is 318 g/mol. The van der Waals surface area contributed by atoms with Crippen LogP contribution >= 0.6 is 31.9 Å². The summed E-state index contributed by atoms with van der Waals surface area (Å²) >= 11 is 5.66. The lowest BCUT2D eigenvalue weighted by Gasteiger charge is -2.15. The van der Waals surface area contributed by atoms with Gasteiger partial charge >= 0.3 is 6.18 Å². The minimum atomic E-state index is -4.26. The van der Waals surface area contributed by atoms with Gasteiger partial charge in [0.1, 0.15) is 4.83 Å². The Morgan fingerprint density at radius 1 is 1.15 bits per heavy atom. The first-order valence-electron chi connectivity index (χ1n) is 3.38. The zero-order valence-electron chi connectivity index (χ0n) is 6.28. The van der Waals surface area contributed by atoms with Gasteiger partial charge < -0.3 is 0 Å². The monoisotopic (exact) mass is 316 g/mol. The normalized spacial score (nSPS) is 14.2. The Bertz CT molecular complexity index is 296. The van der Waals surface area contributed by atoms with Gasteiger partial charge in [0.05, 0.1) is 0 Å². The van der Waals surface area contributed by atoms with Crippen molar-refractivity contribution in [2.24, 2.45) is 0 Å². The quantitative estimate of drug-likeness (QED) is 0.671. The molecule has 0 saturated heterocycles. The van der Waals surface area contributed by atoms with Crippen LogP contribution in [0, 0.1) is 0 Å². The molecule has 0 bridgehead atoms. The van der Waals surface area contributed by atoms with E-state index in [1.54, 1.807) is 18.2 Å². The maximum atomic E-state index is 12.2. The smallest absolute Gasteiger partial charge is 0.169 e. The Kier molecular flexibility index (Phi) is 3.40. The van der Waals surface area contributed by atoms with Gasteiger partial charge in [-0.05, 0) is 11.6 Å². The summed E-state index contributed by atoms with van der Waals surface area (Å²) in [6, 6.07) is 6.25. The largest absolute Gasteiger partial charge is 0.405 e. The lowest BCUT2D eigenvalue weighted by molar-refractivity contribution is -0.128. The molecule has 1 aromatic rings. The lowest BCUT2D eigenvalue weighted by atomic mass is 10.1. The van der Waals surface area contributed by atoms with Crippen LogP contribution in [0.1, 0.15) is 10.4 Å². The second-order valence-corrected chi connectivity index (χ2v) is 4.20. The van der Waals surface area contributed by atoms with Crippen molar-refractivity contribution >= 4 is 31.9 Å². The highest BCUT2D eigenvalue weighted by Gasteiger charge is 2.39. The van der Waals surface area contributed by atoms with E-state index in [-0.39, 0.29) is 5.56 Å². The Hall–Kier alpha value is -0.0300. The molecule has 0 aromatic heterocycles. The van der Waals surface area contributed by atoms with Gasteiger partial charge in [-0.1, -0.05) is 50.1 Å². The third-order valence-corrected chi connectivity index (χ3v) is 3.20. The first-order valence-corrected chi connectivity index (χ1v) is 5.09. The molecule has 72 valence electrons. The summed E-state index contributed by atoms with van der Waals surface area (Å²) in [6.07, 6.45) is -4.26. The average Bonchev–Trinajstić information content (AvgIpc) is 2.02. The molecule has 5 heteroatoms. The SMILES string of the molecule is FC(F)(F)C(Br)c1ccccc1Br. The van der Waals surface area contributed by atoms with Crippen LogP contribution in [0.5, 0.6) is 0 Å². The molecule has 1 unspecified atom stereocenters. The van der Waals surface area contributed by atoms with Crippen molar-refractivity contribution in [3.05, 3.63) is 34.3 Å². The summed E-state index contributed by atoms with van der Waals surface area (Å²) in [5.41, 5.74) is 0.190. The second-order valence-electron chi connectivity index (χ2n) is 2.43. The van der Waals surface area contributed by atoms with E-state index in [1.165, 1.54) is 6.07 Å². The van der Waals surface area contributed by atoms with Crippen LogP contribution in [0.3, 0.4) is 0 Å². The predicted molar refractivity (Wildman–Crippen MR) is 51.9 cm³/mol. The molecule has 0 N–H and O–H groups in total. The first-order chi connectivity index (χ1) is 5.93. The lowest BCUT2D eigenvalue weighted by Crippen LogP contribution is -2.15. The Balaban J connectivity index is 3.02. The third kappa shape index (κ3) is 2.71. The summed E-state index contributed by atoms with van der Waals surface area (Å²) in [4.78, 5) is -1.62. The molecule has 0 aliphatic carbocycles. The maximum Gasteiger partial charge on any atom is 0.405 e. The van der Waals surface area contributed by atoms with E-state index in [0.29, 0.717) is 4.47 Å². The Morgan fingerprint density at radius 2 is 1.69 bits per heavy atom. The highest BCUT2D eigenvalue weighted by molar-refractivity contribution is 9.11. The molecule has 0 heterocycles. The summed E-state index contributed by atoms with van der Waals surface area (Å²) in [7, 11) is 0. The van der Waals surface area contributed by atoms with Crippen molar-refractivity contribution in [3.8, 4) is 0 Å². The minimum Gasteiger partial charge on any atom is -0.169 e. The molecule has 0 radical (unpaired) electrons. The van der Waals surface area contributed by atoms with Gasteiger partial charge in [0.15, 0.2) is 0 Å². The summed E-state index contributed by atoms with van der Waals surface area (Å²) < 4.78 is 37.2. The minimum absolute atomic E-state index is 0.190. The fourth-order valence-corrected chi connectivity index (χ4v) is 2.08. The van der Waals surface area contributed by atoms with Crippen molar-refractivity contribution in [1.29, 1.82) is 0 Å². The zero-order chi connectivity index (χ0) is 10.1. The van der Waals surface area contributed by atoms with Crippen LogP contribution in [0.25, 0.3) is 0 Å². The van der Waals surface area contributed by atoms with E-state index in [9.17, 15) is 13.2 Å². The van der Waals surface area contributed by atoms with Gasteiger partial charge in [-0.25, -0.2) is 0 Å². The van der Waals surface area contributed by atoms with Crippen LogP contribution < -0.4 is 0 Å². The molecule has 0 aliphatic heterocycles. The topological polar surface area (TPSA) is 0 Å². The van der Waals surface area contributed by atoms with Crippen molar-refractivity contribution < 1.29 is 13.2 Å². The van der Waals surface area contributed by atoms with Crippen LogP contribution in [0.2, 0.25) is 0 Å². The molecule has 0 saturated carbocycles. The number of halogens is 5.